The van der Waals surface area contributed by atoms with Gasteiger partial charge in [0, 0.05) is 6.54 Å². The summed E-state index contributed by atoms with van der Waals surface area (Å²) < 4.78 is 10.6. The lowest BCUT2D eigenvalue weighted by atomic mass is 10.1. The zero-order valence-electron chi connectivity index (χ0n) is 9.47. The second-order valence-electron chi connectivity index (χ2n) is 4.13. The summed E-state index contributed by atoms with van der Waals surface area (Å²) >= 11 is 0. The van der Waals surface area contributed by atoms with Crippen molar-refractivity contribution in [2.24, 2.45) is 0 Å². The maximum absolute atomic E-state index is 12.1. The largest absolute Gasteiger partial charge is 0.454 e. The van der Waals surface area contributed by atoms with Crippen LogP contribution < -0.4 is 9.47 Å². The number of hydrogen-bond donors (Lipinski definition) is 1. The van der Waals surface area contributed by atoms with Crippen LogP contribution in [-0.4, -0.2) is 29.3 Å². The molecule has 1 amide bonds. The number of carbonyl (C=O) groups excluding carboxylic acids is 1. The Kier molecular flexibility index (Phi) is 2.22. The lowest BCUT2D eigenvalue weighted by Gasteiger charge is -2.19. The van der Waals surface area contributed by atoms with Gasteiger partial charge in [0.05, 0.1) is 11.1 Å². The van der Waals surface area contributed by atoms with Gasteiger partial charge in [0.2, 0.25) is 6.79 Å². The van der Waals surface area contributed by atoms with Crippen LogP contribution in [0.5, 0.6) is 11.5 Å². The van der Waals surface area contributed by atoms with Gasteiger partial charge >= 0.3 is 0 Å². The van der Waals surface area contributed by atoms with Crippen LogP contribution in [0, 0.1) is 0 Å². The zero-order chi connectivity index (χ0) is 12.0. The van der Waals surface area contributed by atoms with Crippen molar-refractivity contribution < 1.29 is 19.4 Å². The SMILES string of the molecule is CCCN1C(=O)c2ccc3c(c2C1O)OCO3. The quantitative estimate of drug-likeness (QED) is 0.838. The lowest BCUT2D eigenvalue weighted by Crippen LogP contribution is -2.28. The van der Waals surface area contributed by atoms with Gasteiger partial charge in [-0.2, -0.15) is 0 Å². The van der Waals surface area contributed by atoms with Crippen molar-refractivity contribution in [2.45, 2.75) is 19.6 Å². The fraction of sp³-hybridized carbons (Fsp3) is 0.417. The number of aliphatic hydroxyl groups is 1. The van der Waals surface area contributed by atoms with E-state index in [0.29, 0.717) is 29.2 Å². The number of fused-ring (bicyclic) bond motifs is 3. The predicted molar refractivity (Wildman–Crippen MR) is 58.9 cm³/mol. The van der Waals surface area contributed by atoms with Crippen LogP contribution in [0.4, 0.5) is 0 Å². The molecule has 0 bridgehead atoms. The van der Waals surface area contributed by atoms with Gasteiger partial charge in [0.1, 0.15) is 0 Å². The third-order valence-electron chi connectivity index (χ3n) is 3.09. The fourth-order valence-corrected chi connectivity index (χ4v) is 2.32. The third-order valence-corrected chi connectivity index (χ3v) is 3.09. The van der Waals surface area contributed by atoms with E-state index in [1.54, 1.807) is 12.1 Å². The summed E-state index contributed by atoms with van der Waals surface area (Å²) in [6, 6.07) is 3.39. The molecule has 5 heteroatoms. The van der Waals surface area contributed by atoms with Gasteiger partial charge in [-0.25, -0.2) is 0 Å². The number of carbonyl (C=O) groups is 1. The molecule has 0 spiro atoms. The van der Waals surface area contributed by atoms with Crippen molar-refractivity contribution >= 4 is 5.91 Å². The number of ether oxygens (including phenoxy) is 2. The molecule has 1 N–H and O–H groups in total. The molecule has 2 aliphatic heterocycles. The fourth-order valence-electron chi connectivity index (χ4n) is 2.32. The van der Waals surface area contributed by atoms with Gasteiger partial charge in [-0.15, -0.1) is 0 Å². The smallest absolute Gasteiger partial charge is 0.256 e. The van der Waals surface area contributed by atoms with Crippen molar-refractivity contribution in [3.8, 4) is 11.5 Å². The van der Waals surface area contributed by atoms with Crippen molar-refractivity contribution in [3.63, 3.8) is 0 Å². The summed E-state index contributed by atoms with van der Waals surface area (Å²) in [6.45, 7) is 2.64. The van der Waals surface area contributed by atoms with E-state index >= 15 is 0 Å². The normalized spacial score (nSPS) is 20.9. The topological polar surface area (TPSA) is 59.0 Å². The van der Waals surface area contributed by atoms with Crippen LogP contribution in [0.1, 0.15) is 35.5 Å². The molecule has 1 unspecified atom stereocenters. The Morgan fingerprint density at radius 2 is 2.29 bits per heavy atom. The van der Waals surface area contributed by atoms with Crippen LogP contribution >= 0.6 is 0 Å². The highest BCUT2D eigenvalue weighted by molar-refractivity contribution is 6.00. The van der Waals surface area contributed by atoms with Crippen LogP contribution in [0.3, 0.4) is 0 Å². The number of hydrogen-bond acceptors (Lipinski definition) is 4. The Balaban J connectivity index is 2.10. The molecule has 90 valence electrons. The van der Waals surface area contributed by atoms with E-state index in [2.05, 4.69) is 0 Å². The van der Waals surface area contributed by atoms with Crippen LogP contribution in [0.2, 0.25) is 0 Å². The first-order valence-electron chi connectivity index (χ1n) is 5.65. The molecular weight excluding hydrogens is 222 g/mol. The van der Waals surface area contributed by atoms with Gasteiger partial charge < -0.3 is 19.5 Å². The van der Waals surface area contributed by atoms with Crippen molar-refractivity contribution in [1.29, 1.82) is 0 Å². The standard InChI is InChI=1S/C12H13NO4/c1-2-5-13-11(14)7-3-4-8-10(17-6-16-8)9(7)12(13)15/h3-4,12,15H,2,5-6H2,1H3. The van der Waals surface area contributed by atoms with Crippen molar-refractivity contribution in [3.05, 3.63) is 23.3 Å². The molecule has 17 heavy (non-hydrogen) atoms. The molecule has 0 saturated heterocycles. The molecule has 2 aliphatic rings. The van der Waals surface area contributed by atoms with Gasteiger partial charge in [-0.3, -0.25) is 4.79 Å². The molecule has 0 aliphatic carbocycles. The zero-order valence-corrected chi connectivity index (χ0v) is 9.47. The Bertz CT molecular complexity index is 486. The van der Waals surface area contributed by atoms with Crippen molar-refractivity contribution in [2.75, 3.05) is 13.3 Å². The molecule has 0 saturated carbocycles. The van der Waals surface area contributed by atoms with Gasteiger partial charge in [-0.05, 0) is 18.6 Å². The number of rotatable bonds is 2. The molecule has 3 rings (SSSR count). The van der Waals surface area contributed by atoms with E-state index < -0.39 is 6.23 Å². The molecule has 1 aromatic carbocycles. The average Bonchev–Trinajstić information content (AvgIpc) is 2.88. The first kappa shape index (κ1) is 10.4. The Morgan fingerprint density at radius 1 is 1.47 bits per heavy atom. The van der Waals surface area contributed by atoms with E-state index in [9.17, 15) is 9.90 Å². The van der Waals surface area contributed by atoms with E-state index in [-0.39, 0.29) is 12.7 Å². The van der Waals surface area contributed by atoms with E-state index in [1.807, 2.05) is 6.92 Å². The number of aliphatic hydroxyl groups excluding tert-OH is 1. The number of amides is 1. The molecule has 1 aromatic rings. The summed E-state index contributed by atoms with van der Waals surface area (Å²) in [4.78, 5) is 13.5. The predicted octanol–water partition coefficient (Wildman–Crippen LogP) is 1.27. The summed E-state index contributed by atoms with van der Waals surface area (Å²) in [6.07, 6.45) is -0.120. The van der Waals surface area contributed by atoms with Crippen molar-refractivity contribution in [1.82, 2.24) is 4.90 Å². The molecular formula is C12H13NO4. The molecule has 1 atom stereocenters. The summed E-state index contributed by atoms with van der Waals surface area (Å²) in [7, 11) is 0. The van der Waals surface area contributed by atoms with Gasteiger partial charge in [-0.1, -0.05) is 6.92 Å². The third kappa shape index (κ3) is 1.32. The summed E-state index contributed by atoms with van der Waals surface area (Å²) in [5.41, 5.74) is 1.05. The van der Waals surface area contributed by atoms with Crippen LogP contribution in [0.25, 0.3) is 0 Å². The highest BCUT2D eigenvalue weighted by Gasteiger charge is 2.39. The first-order valence-corrected chi connectivity index (χ1v) is 5.65. The summed E-state index contributed by atoms with van der Waals surface area (Å²) in [5.74, 6) is 0.948. The van der Waals surface area contributed by atoms with Crippen LogP contribution in [-0.2, 0) is 0 Å². The average molecular weight is 235 g/mol. The summed E-state index contributed by atoms with van der Waals surface area (Å²) in [5, 5.41) is 10.2. The molecule has 2 heterocycles. The van der Waals surface area contributed by atoms with Crippen LogP contribution in [0.15, 0.2) is 12.1 Å². The number of nitrogens with zero attached hydrogens (tertiary/aromatic N) is 1. The Morgan fingerprint density at radius 3 is 3.06 bits per heavy atom. The minimum Gasteiger partial charge on any atom is -0.454 e. The molecule has 5 nitrogen and oxygen atoms in total. The lowest BCUT2D eigenvalue weighted by molar-refractivity contribution is 0.0167. The van der Waals surface area contributed by atoms with E-state index in [1.165, 1.54) is 4.90 Å². The minimum atomic E-state index is -0.922. The maximum Gasteiger partial charge on any atom is 0.256 e. The Hall–Kier alpha value is -1.75. The highest BCUT2D eigenvalue weighted by atomic mass is 16.7. The molecule has 0 radical (unpaired) electrons. The van der Waals surface area contributed by atoms with E-state index in [4.69, 9.17) is 9.47 Å². The molecule has 0 aromatic heterocycles. The van der Waals surface area contributed by atoms with Gasteiger partial charge in [0.25, 0.3) is 5.91 Å². The minimum absolute atomic E-state index is 0.139. The highest BCUT2D eigenvalue weighted by Crippen LogP contribution is 2.45. The monoisotopic (exact) mass is 235 g/mol. The van der Waals surface area contributed by atoms with Gasteiger partial charge in [0.15, 0.2) is 17.7 Å². The second kappa shape index (κ2) is 3.63. The second-order valence-corrected chi connectivity index (χ2v) is 4.13. The van der Waals surface area contributed by atoms with E-state index in [0.717, 1.165) is 6.42 Å². The Labute approximate surface area is 98.6 Å². The molecule has 0 fully saturated rings. The number of benzene rings is 1. The first-order chi connectivity index (χ1) is 8.24. The maximum atomic E-state index is 12.1.